The van der Waals surface area contributed by atoms with E-state index in [1.165, 1.54) is 0 Å². The van der Waals surface area contributed by atoms with Gasteiger partial charge < -0.3 is 10.1 Å². The van der Waals surface area contributed by atoms with E-state index < -0.39 is 6.10 Å². The lowest BCUT2D eigenvalue weighted by Gasteiger charge is -2.17. The first-order valence-corrected chi connectivity index (χ1v) is 7.55. The Kier molecular flexibility index (Phi) is 5.09. The largest absolute Gasteiger partial charge is 0.481 e. The molecule has 0 spiro atoms. The fraction of sp³-hybridized carbons (Fsp3) is 0.278. The van der Waals surface area contributed by atoms with Gasteiger partial charge in [-0.05, 0) is 62.6 Å². The van der Waals surface area contributed by atoms with Crippen molar-refractivity contribution < 1.29 is 9.53 Å². The normalized spacial score (nSPS) is 11.9. The van der Waals surface area contributed by atoms with Gasteiger partial charge in [0.05, 0.1) is 0 Å². The van der Waals surface area contributed by atoms with Crippen molar-refractivity contribution in [3.8, 4) is 5.75 Å². The van der Waals surface area contributed by atoms with E-state index in [0.29, 0.717) is 10.7 Å². The van der Waals surface area contributed by atoms with E-state index in [2.05, 4.69) is 5.32 Å². The number of benzene rings is 2. The highest BCUT2D eigenvalue weighted by Crippen LogP contribution is 2.23. The third-order valence-corrected chi connectivity index (χ3v) is 3.71. The SMILES string of the molecule is Cc1ccc(C)c(O[C@@H](C)C(=O)Nc2cc(Cl)ccc2C)c1. The molecular weight excluding hydrogens is 298 g/mol. The van der Waals surface area contributed by atoms with Gasteiger partial charge in [0.15, 0.2) is 6.10 Å². The topological polar surface area (TPSA) is 38.3 Å². The minimum Gasteiger partial charge on any atom is -0.481 e. The van der Waals surface area contributed by atoms with E-state index in [1.807, 2.05) is 45.0 Å². The van der Waals surface area contributed by atoms with Gasteiger partial charge in [-0.25, -0.2) is 0 Å². The molecule has 0 aromatic heterocycles. The lowest BCUT2D eigenvalue weighted by molar-refractivity contribution is -0.122. The number of carbonyl (C=O) groups excluding carboxylic acids is 1. The lowest BCUT2D eigenvalue weighted by Crippen LogP contribution is -2.30. The molecule has 0 unspecified atom stereocenters. The zero-order valence-electron chi connectivity index (χ0n) is 13.2. The van der Waals surface area contributed by atoms with Crippen LogP contribution in [0.2, 0.25) is 5.02 Å². The van der Waals surface area contributed by atoms with Crippen LogP contribution < -0.4 is 10.1 Å². The smallest absolute Gasteiger partial charge is 0.265 e. The number of halogens is 1. The van der Waals surface area contributed by atoms with Gasteiger partial charge in [-0.15, -0.1) is 0 Å². The molecule has 116 valence electrons. The molecule has 1 amide bonds. The molecule has 2 rings (SSSR count). The first kappa shape index (κ1) is 16.4. The Bertz CT molecular complexity index is 697. The highest BCUT2D eigenvalue weighted by molar-refractivity contribution is 6.31. The van der Waals surface area contributed by atoms with Gasteiger partial charge in [0.25, 0.3) is 5.91 Å². The predicted molar refractivity (Wildman–Crippen MR) is 90.8 cm³/mol. The number of amides is 1. The number of rotatable bonds is 4. The van der Waals surface area contributed by atoms with Gasteiger partial charge in [-0.2, -0.15) is 0 Å². The summed E-state index contributed by atoms with van der Waals surface area (Å²) in [5.41, 5.74) is 3.76. The number of aryl methyl sites for hydroxylation is 3. The van der Waals surface area contributed by atoms with E-state index >= 15 is 0 Å². The molecule has 1 N–H and O–H groups in total. The average molecular weight is 318 g/mol. The van der Waals surface area contributed by atoms with E-state index in [1.54, 1.807) is 19.1 Å². The maximum Gasteiger partial charge on any atom is 0.265 e. The zero-order valence-corrected chi connectivity index (χ0v) is 14.0. The van der Waals surface area contributed by atoms with Crippen LogP contribution in [0, 0.1) is 20.8 Å². The van der Waals surface area contributed by atoms with Crippen molar-refractivity contribution in [3.05, 3.63) is 58.1 Å². The summed E-state index contributed by atoms with van der Waals surface area (Å²) in [7, 11) is 0. The third-order valence-electron chi connectivity index (χ3n) is 3.47. The molecule has 2 aromatic rings. The van der Waals surface area contributed by atoms with Crippen molar-refractivity contribution in [3.63, 3.8) is 0 Å². The first-order chi connectivity index (χ1) is 10.4. The van der Waals surface area contributed by atoms with Crippen molar-refractivity contribution in [1.29, 1.82) is 0 Å². The molecule has 0 aliphatic rings. The Balaban J connectivity index is 2.09. The van der Waals surface area contributed by atoms with Gasteiger partial charge in [0.2, 0.25) is 0 Å². The lowest BCUT2D eigenvalue weighted by atomic mass is 10.1. The summed E-state index contributed by atoms with van der Waals surface area (Å²) in [6.45, 7) is 7.60. The van der Waals surface area contributed by atoms with Crippen LogP contribution >= 0.6 is 11.6 Å². The Morgan fingerprint density at radius 1 is 1.09 bits per heavy atom. The minimum absolute atomic E-state index is 0.203. The summed E-state index contributed by atoms with van der Waals surface area (Å²) >= 11 is 5.97. The van der Waals surface area contributed by atoms with Crippen molar-refractivity contribution in [2.75, 3.05) is 5.32 Å². The van der Waals surface area contributed by atoms with Crippen LogP contribution in [0.4, 0.5) is 5.69 Å². The summed E-state index contributed by atoms with van der Waals surface area (Å²) in [4.78, 5) is 12.3. The summed E-state index contributed by atoms with van der Waals surface area (Å²) < 4.78 is 5.79. The Morgan fingerprint density at radius 2 is 1.77 bits per heavy atom. The highest BCUT2D eigenvalue weighted by atomic mass is 35.5. The number of anilines is 1. The molecule has 0 radical (unpaired) electrons. The number of hydrogen-bond acceptors (Lipinski definition) is 2. The van der Waals surface area contributed by atoms with E-state index in [9.17, 15) is 4.79 Å². The maximum atomic E-state index is 12.3. The van der Waals surface area contributed by atoms with Crippen molar-refractivity contribution in [2.45, 2.75) is 33.8 Å². The van der Waals surface area contributed by atoms with Crippen molar-refractivity contribution >= 4 is 23.2 Å². The second-order valence-electron chi connectivity index (χ2n) is 5.48. The fourth-order valence-corrected chi connectivity index (χ4v) is 2.21. The molecule has 0 saturated heterocycles. The first-order valence-electron chi connectivity index (χ1n) is 7.18. The molecule has 0 fully saturated rings. The molecule has 0 saturated carbocycles. The van der Waals surface area contributed by atoms with Crippen LogP contribution in [0.5, 0.6) is 5.75 Å². The summed E-state index contributed by atoms with van der Waals surface area (Å²) in [5, 5.41) is 3.44. The Hall–Kier alpha value is -2.00. The highest BCUT2D eigenvalue weighted by Gasteiger charge is 2.17. The molecule has 0 aliphatic heterocycles. The fourth-order valence-electron chi connectivity index (χ4n) is 2.04. The summed E-state index contributed by atoms with van der Waals surface area (Å²) in [6, 6.07) is 11.3. The molecule has 2 aromatic carbocycles. The van der Waals surface area contributed by atoms with Crippen LogP contribution in [0.3, 0.4) is 0 Å². The van der Waals surface area contributed by atoms with Gasteiger partial charge in [0, 0.05) is 10.7 Å². The molecule has 3 nitrogen and oxygen atoms in total. The predicted octanol–water partition coefficient (Wildman–Crippen LogP) is 4.67. The van der Waals surface area contributed by atoms with Gasteiger partial charge in [-0.3, -0.25) is 4.79 Å². The molecule has 22 heavy (non-hydrogen) atoms. The van der Waals surface area contributed by atoms with Crippen molar-refractivity contribution in [2.24, 2.45) is 0 Å². The second kappa shape index (κ2) is 6.84. The maximum absolute atomic E-state index is 12.3. The van der Waals surface area contributed by atoms with Gasteiger partial charge in [-0.1, -0.05) is 29.8 Å². The minimum atomic E-state index is -0.598. The van der Waals surface area contributed by atoms with Crippen LogP contribution in [-0.2, 0) is 4.79 Å². The number of nitrogens with one attached hydrogen (secondary N) is 1. The average Bonchev–Trinajstić information content (AvgIpc) is 2.46. The zero-order chi connectivity index (χ0) is 16.3. The monoisotopic (exact) mass is 317 g/mol. The molecule has 0 heterocycles. The van der Waals surface area contributed by atoms with Gasteiger partial charge in [0.1, 0.15) is 5.75 Å². The number of hydrogen-bond donors (Lipinski definition) is 1. The van der Waals surface area contributed by atoms with E-state index in [0.717, 1.165) is 22.4 Å². The number of ether oxygens (including phenoxy) is 1. The molecule has 4 heteroatoms. The summed E-state index contributed by atoms with van der Waals surface area (Å²) in [5.74, 6) is 0.525. The Morgan fingerprint density at radius 3 is 2.50 bits per heavy atom. The van der Waals surface area contributed by atoms with Crippen LogP contribution in [0.1, 0.15) is 23.6 Å². The van der Waals surface area contributed by atoms with Crippen molar-refractivity contribution in [1.82, 2.24) is 0 Å². The van der Waals surface area contributed by atoms with Gasteiger partial charge >= 0.3 is 0 Å². The van der Waals surface area contributed by atoms with E-state index in [4.69, 9.17) is 16.3 Å². The third kappa shape index (κ3) is 4.01. The van der Waals surface area contributed by atoms with Crippen LogP contribution in [0.15, 0.2) is 36.4 Å². The molecule has 0 aliphatic carbocycles. The quantitative estimate of drug-likeness (QED) is 0.889. The van der Waals surface area contributed by atoms with E-state index in [-0.39, 0.29) is 5.91 Å². The number of carbonyl (C=O) groups is 1. The standard InChI is InChI=1S/C18H20ClNO2/c1-11-5-6-13(3)17(9-11)22-14(4)18(21)20-16-10-15(19)8-7-12(16)2/h5-10,14H,1-4H3,(H,20,21)/t14-/m0/s1. The molecule has 0 bridgehead atoms. The second-order valence-corrected chi connectivity index (χ2v) is 5.91. The van der Waals surface area contributed by atoms with Crippen LogP contribution in [0.25, 0.3) is 0 Å². The van der Waals surface area contributed by atoms with Crippen LogP contribution in [-0.4, -0.2) is 12.0 Å². The Labute approximate surface area is 136 Å². The molecular formula is C18H20ClNO2. The molecule has 1 atom stereocenters. The summed E-state index contributed by atoms with van der Waals surface area (Å²) in [6.07, 6.45) is -0.598.